The van der Waals surface area contributed by atoms with E-state index in [9.17, 15) is 9.59 Å². The lowest BCUT2D eigenvalue weighted by molar-refractivity contribution is -0.124. The Bertz CT molecular complexity index is 481. The Hall–Kier alpha value is -1.11. The molecule has 1 fully saturated rings. The maximum absolute atomic E-state index is 12.4. The highest BCUT2D eigenvalue weighted by Crippen LogP contribution is 2.22. The fourth-order valence-electron chi connectivity index (χ4n) is 2.62. The van der Waals surface area contributed by atoms with Gasteiger partial charge in [-0.25, -0.2) is 0 Å². The van der Waals surface area contributed by atoms with Gasteiger partial charge in [0, 0.05) is 19.1 Å². The molecule has 1 aliphatic rings. The number of halogens is 1. The molecule has 0 aliphatic carbocycles. The number of hydrogen-bond donors (Lipinski definition) is 2. The Labute approximate surface area is 141 Å². The van der Waals surface area contributed by atoms with Crippen LogP contribution in [0.2, 0.25) is 0 Å². The van der Waals surface area contributed by atoms with Crippen molar-refractivity contribution in [3.8, 4) is 0 Å². The summed E-state index contributed by atoms with van der Waals surface area (Å²) in [4.78, 5) is 27.1. The van der Waals surface area contributed by atoms with Crippen LogP contribution in [0.5, 0.6) is 0 Å². The van der Waals surface area contributed by atoms with Crippen LogP contribution in [0, 0.1) is 0 Å². The Kier molecular flexibility index (Phi) is 7.85. The molecule has 7 heteroatoms. The second kappa shape index (κ2) is 9.12. The van der Waals surface area contributed by atoms with Gasteiger partial charge in [0.05, 0.1) is 4.88 Å². The van der Waals surface area contributed by atoms with E-state index in [0.29, 0.717) is 18.0 Å². The molecule has 0 bridgehead atoms. The van der Waals surface area contributed by atoms with E-state index in [4.69, 9.17) is 0 Å². The maximum Gasteiger partial charge on any atom is 0.264 e. The number of thiophene rings is 1. The summed E-state index contributed by atoms with van der Waals surface area (Å²) in [6.45, 7) is 6.20. The summed E-state index contributed by atoms with van der Waals surface area (Å²) in [5, 5.41) is 8.09. The molecule has 2 atom stereocenters. The normalized spacial score (nSPS) is 18.6. The first kappa shape index (κ1) is 18.9. The van der Waals surface area contributed by atoms with Crippen LogP contribution in [0.25, 0.3) is 0 Å². The molecule has 22 heavy (non-hydrogen) atoms. The number of amides is 2. The van der Waals surface area contributed by atoms with E-state index in [1.54, 1.807) is 4.90 Å². The van der Waals surface area contributed by atoms with Crippen LogP contribution in [-0.2, 0) is 4.79 Å². The van der Waals surface area contributed by atoms with Crippen molar-refractivity contribution >= 4 is 35.6 Å². The van der Waals surface area contributed by atoms with E-state index in [-0.39, 0.29) is 36.3 Å². The zero-order chi connectivity index (χ0) is 15.2. The molecule has 0 saturated carbocycles. The summed E-state index contributed by atoms with van der Waals surface area (Å²) < 4.78 is 0. The minimum absolute atomic E-state index is 0. The van der Waals surface area contributed by atoms with E-state index in [0.717, 1.165) is 19.4 Å². The zero-order valence-electron chi connectivity index (χ0n) is 13.0. The maximum atomic E-state index is 12.4. The Morgan fingerprint density at radius 3 is 2.91 bits per heavy atom. The van der Waals surface area contributed by atoms with Gasteiger partial charge in [0.2, 0.25) is 5.91 Å². The van der Waals surface area contributed by atoms with Gasteiger partial charge in [-0.15, -0.1) is 23.7 Å². The van der Waals surface area contributed by atoms with Crippen molar-refractivity contribution in [3.63, 3.8) is 0 Å². The third-order valence-electron chi connectivity index (χ3n) is 3.68. The summed E-state index contributed by atoms with van der Waals surface area (Å²) in [5.74, 6) is -0.0652. The topological polar surface area (TPSA) is 61.4 Å². The van der Waals surface area contributed by atoms with Gasteiger partial charge in [0.1, 0.15) is 6.04 Å². The molecule has 2 rings (SSSR count). The molecule has 1 aromatic heterocycles. The van der Waals surface area contributed by atoms with Gasteiger partial charge in [-0.05, 0) is 37.8 Å². The summed E-state index contributed by atoms with van der Waals surface area (Å²) in [7, 11) is 0. The van der Waals surface area contributed by atoms with Crippen molar-refractivity contribution in [1.29, 1.82) is 0 Å². The fourth-order valence-corrected chi connectivity index (χ4v) is 3.30. The number of carbonyl (C=O) groups excluding carboxylic acids is 2. The van der Waals surface area contributed by atoms with E-state index >= 15 is 0 Å². The van der Waals surface area contributed by atoms with E-state index in [1.165, 1.54) is 11.3 Å². The molecule has 1 aromatic rings. The third kappa shape index (κ3) is 4.69. The SMILES string of the molecule is CCN[C@H](C)CNC(=O)C1CCCN1C(=O)c1cccs1.Cl. The van der Waals surface area contributed by atoms with Crippen LogP contribution >= 0.6 is 23.7 Å². The van der Waals surface area contributed by atoms with Gasteiger partial charge < -0.3 is 15.5 Å². The van der Waals surface area contributed by atoms with Crippen molar-refractivity contribution < 1.29 is 9.59 Å². The molecule has 2 amide bonds. The molecule has 1 unspecified atom stereocenters. The molecule has 0 aromatic carbocycles. The number of likely N-dealkylation sites (tertiary alicyclic amines) is 1. The van der Waals surface area contributed by atoms with Crippen LogP contribution in [0.1, 0.15) is 36.4 Å². The first-order chi connectivity index (χ1) is 10.1. The van der Waals surface area contributed by atoms with Crippen LogP contribution in [-0.4, -0.2) is 48.4 Å². The minimum Gasteiger partial charge on any atom is -0.353 e. The van der Waals surface area contributed by atoms with Crippen LogP contribution in [0.4, 0.5) is 0 Å². The van der Waals surface area contributed by atoms with Crippen LogP contribution in [0.3, 0.4) is 0 Å². The number of rotatable bonds is 6. The second-order valence-electron chi connectivity index (χ2n) is 5.34. The number of hydrogen-bond acceptors (Lipinski definition) is 4. The Morgan fingerprint density at radius 1 is 1.50 bits per heavy atom. The van der Waals surface area contributed by atoms with E-state index < -0.39 is 0 Å². The van der Waals surface area contributed by atoms with Crippen LogP contribution < -0.4 is 10.6 Å². The summed E-state index contributed by atoms with van der Waals surface area (Å²) in [5.41, 5.74) is 0. The number of nitrogens with zero attached hydrogens (tertiary/aromatic N) is 1. The number of carbonyl (C=O) groups is 2. The van der Waals surface area contributed by atoms with Crippen molar-refractivity contribution in [2.75, 3.05) is 19.6 Å². The first-order valence-electron chi connectivity index (χ1n) is 7.49. The summed E-state index contributed by atoms with van der Waals surface area (Å²) in [6.07, 6.45) is 1.64. The smallest absolute Gasteiger partial charge is 0.264 e. The lowest BCUT2D eigenvalue weighted by Crippen LogP contribution is -2.48. The van der Waals surface area contributed by atoms with E-state index in [2.05, 4.69) is 10.6 Å². The predicted octanol–water partition coefficient (Wildman–Crippen LogP) is 1.89. The number of nitrogens with one attached hydrogen (secondary N) is 2. The van der Waals surface area contributed by atoms with Crippen molar-refractivity contribution in [1.82, 2.24) is 15.5 Å². The fraction of sp³-hybridized carbons (Fsp3) is 0.600. The molecule has 124 valence electrons. The predicted molar refractivity (Wildman–Crippen MR) is 91.8 cm³/mol. The quantitative estimate of drug-likeness (QED) is 0.827. The van der Waals surface area contributed by atoms with E-state index in [1.807, 2.05) is 31.4 Å². The van der Waals surface area contributed by atoms with Gasteiger partial charge in [-0.2, -0.15) is 0 Å². The number of likely N-dealkylation sites (N-methyl/N-ethyl adjacent to an activating group) is 1. The van der Waals surface area contributed by atoms with Gasteiger partial charge in [0.15, 0.2) is 0 Å². The lowest BCUT2D eigenvalue weighted by atomic mass is 10.2. The van der Waals surface area contributed by atoms with Gasteiger partial charge in [-0.1, -0.05) is 13.0 Å². The Balaban J connectivity index is 0.00000242. The molecule has 0 spiro atoms. The monoisotopic (exact) mass is 345 g/mol. The van der Waals surface area contributed by atoms with Gasteiger partial charge in [-0.3, -0.25) is 9.59 Å². The average molecular weight is 346 g/mol. The highest BCUT2D eigenvalue weighted by molar-refractivity contribution is 7.12. The van der Waals surface area contributed by atoms with Gasteiger partial charge >= 0.3 is 0 Å². The summed E-state index contributed by atoms with van der Waals surface area (Å²) >= 11 is 1.42. The standard InChI is InChI=1S/C15H23N3O2S.ClH/c1-3-16-11(2)10-17-14(19)12-6-4-8-18(12)15(20)13-7-5-9-21-13;/h5,7,9,11-12,16H,3-4,6,8,10H2,1-2H3,(H,17,19);1H/t11-,12?;/m1./s1. The Morgan fingerprint density at radius 2 is 2.27 bits per heavy atom. The third-order valence-corrected chi connectivity index (χ3v) is 4.54. The molecule has 5 nitrogen and oxygen atoms in total. The molecule has 2 heterocycles. The molecule has 2 N–H and O–H groups in total. The lowest BCUT2D eigenvalue weighted by Gasteiger charge is -2.24. The van der Waals surface area contributed by atoms with Crippen molar-refractivity contribution in [3.05, 3.63) is 22.4 Å². The minimum atomic E-state index is -0.326. The average Bonchev–Trinajstić information content (AvgIpc) is 3.15. The first-order valence-corrected chi connectivity index (χ1v) is 8.37. The second-order valence-corrected chi connectivity index (χ2v) is 6.29. The molecule has 0 radical (unpaired) electrons. The molecular formula is C15H24ClN3O2S. The molecular weight excluding hydrogens is 322 g/mol. The molecule has 1 saturated heterocycles. The molecule has 1 aliphatic heterocycles. The summed E-state index contributed by atoms with van der Waals surface area (Å²) in [6, 6.07) is 3.59. The largest absolute Gasteiger partial charge is 0.353 e. The van der Waals surface area contributed by atoms with Crippen molar-refractivity contribution in [2.45, 2.75) is 38.8 Å². The van der Waals surface area contributed by atoms with Crippen LogP contribution in [0.15, 0.2) is 17.5 Å². The highest BCUT2D eigenvalue weighted by Gasteiger charge is 2.34. The highest BCUT2D eigenvalue weighted by atomic mass is 35.5. The zero-order valence-corrected chi connectivity index (χ0v) is 14.6. The van der Waals surface area contributed by atoms with Gasteiger partial charge in [0.25, 0.3) is 5.91 Å². The van der Waals surface area contributed by atoms with Crippen molar-refractivity contribution in [2.24, 2.45) is 0 Å².